The van der Waals surface area contributed by atoms with Crippen LogP contribution in [0.1, 0.15) is 128 Å². The maximum atomic E-state index is 15.3. The first-order valence-electron chi connectivity index (χ1n) is 18.6. The van der Waals surface area contributed by atoms with E-state index in [9.17, 15) is 9.59 Å². The molecule has 0 bridgehead atoms. The number of nitrogens with one attached hydrogen (secondary N) is 2. The van der Waals surface area contributed by atoms with E-state index in [2.05, 4.69) is 24.5 Å². The summed E-state index contributed by atoms with van der Waals surface area (Å²) in [6.07, 6.45) is 14.1. The number of carbonyl (C=O) groups excluding carboxylic acids is 4. The van der Waals surface area contributed by atoms with Crippen molar-refractivity contribution in [3.05, 3.63) is 53.3 Å². The number of benzene rings is 2. The molecule has 5 aliphatic rings. The summed E-state index contributed by atoms with van der Waals surface area (Å²) >= 11 is 0. The molecular weight excluding hydrogens is 631 g/mol. The van der Waals surface area contributed by atoms with Gasteiger partial charge in [0.25, 0.3) is 0 Å². The lowest BCUT2D eigenvalue weighted by molar-refractivity contribution is -0.128. The monoisotopic (exact) mass is 690 g/mol. The van der Waals surface area contributed by atoms with Crippen molar-refractivity contribution in [2.24, 2.45) is 17.3 Å². The highest BCUT2D eigenvalue weighted by Crippen LogP contribution is 2.49. The summed E-state index contributed by atoms with van der Waals surface area (Å²) in [6, 6.07) is 11.3. The van der Waals surface area contributed by atoms with Crippen LogP contribution in [0.15, 0.2) is 36.4 Å². The van der Waals surface area contributed by atoms with E-state index in [1.807, 2.05) is 51.7 Å². The summed E-state index contributed by atoms with van der Waals surface area (Å²) < 4.78 is 22.0. The third-order valence-corrected chi connectivity index (χ3v) is 12.0. The van der Waals surface area contributed by atoms with Crippen molar-refractivity contribution in [3.8, 4) is 16.9 Å². The van der Waals surface area contributed by atoms with Crippen LogP contribution in [0.25, 0.3) is 11.1 Å². The van der Waals surface area contributed by atoms with Crippen LogP contribution in [0.3, 0.4) is 0 Å². The highest BCUT2D eigenvalue weighted by Gasteiger charge is 2.51. The second-order valence-corrected chi connectivity index (χ2v) is 16.2. The third-order valence-electron chi connectivity index (χ3n) is 12.0. The molecule has 4 aliphatic carbocycles. The van der Waals surface area contributed by atoms with E-state index in [0.29, 0.717) is 18.1 Å². The van der Waals surface area contributed by atoms with Crippen LogP contribution in [0.4, 0.5) is 4.39 Å². The Morgan fingerprint density at radius 2 is 1.66 bits per heavy atom. The Bertz CT molecular complexity index is 1480. The topological polar surface area (TPSA) is 102 Å². The van der Waals surface area contributed by atoms with Crippen molar-refractivity contribution in [1.82, 2.24) is 10.6 Å². The molecule has 2 N–H and O–H groups in total. The molecule has 0 unspecified atom stereocenters. The van der Waals surface area contributed by atoms with Gasteiger partial charge in [-0.1, -0.05) is 51.3 Å². The number of likely N-dealkylation sites (N-methyl/N-ethyl adjacent to an activating group) is 1. The van der Waals surface area contributed by atoms with Gasteiger partial charge in [-0.3, -0.25) is 9.59 Å². The van der Waals surface area contributed by atoms with E-state index in [1.54, 1.807) is 19.2 Å². The number of Topliss-reactive ketones (excluding diaryl/α,β-unsaturated/α-hetero) is 1. The van der Waals surface area contributed by atoms with Crippen LogP contribution in [0, 0.1) is 23.1 Å². The summed E-state index contributed by atoms with van der Waals surface area (Å²) in [6.45, 7) is 13.1. The van der Waals surface area contributed by atoms with E-state index >= 15 is 4.39 Å². The zero-order valence-corrected chi connectivity index (χ0v) is 31.0. The summed E-state index contributed by atoms with van der Waals surface area (Å²) in [7, 11) is 1.65. The first kappa shape index (κ1) is 39.4. The molecule has 1 spiro atoms. The fourth-order valence-corrected chi connectivity index (χ4v) is 8.14. The Morgan fingerprint density at radius 1 is 0.980 bits per heavy atom. The molecule has 274 valence electrons. The second-order valence-electron chi connectivity index (χ2n) is 16.2. The van der Waals surface area contributed by atoms with Crippen molar-refractivity contribution in [1.29, 1.82) is 0 Å². The molecule has 4 saturated carbocycles. The molecule has 7 rings (SSSR count). The van der Waals surface area contributed by atoms with Gasteiger partial charge in [0.15, 0.2) is 0 Å². The smallest absolute Gasteiger partial charge is 0.229 e. The summed E-state index contributed by atoms with van der Waals surface area (Å²) in [5.41, 5.74) is 2.55. The van der Waals surface area contributed by atoms with Gasteiger partial charge in [0, 0.05) is 36.5 Å². The standard InChI is InChI=1S/C36H47FN2O3.C4H8.2CH2O/c1-34(2,33(41)38-4)25-13-15-30(28(20-25)27-10-6-11-29(37)32(27)24-8-5-9-24)42-26-14-12-23(18-26)19-31(40)35(3)21-36(39-22-35)16-7-17-36;1-4-2-3-4;2*1-2/h6,10-11,13,15,20,23-24,26,39H,5,7-9,12,14,16-19,21-22H2,1-4H3,(H,38,41);4H,2-3H2,1H3;2*1H2/t23-,26-,35+;;;/m1.../s1. The predicted octanol–water partition coefficient (Wildman–Crippen LogP) is 8.26. The van der Waals surface area contributed by atoms with Gasteiger partial charge in [0.05, 0.1) is 11.5 Å². The van der Waals surface area contributed by atoms with Gasteiger partial charge in [0.1, 0.15) is 30.9 Å². The molecule has 2 aromatic rings. The molecule has 2 aromatic carbocycles. The van der Waals surface area contributed by atoms with Gasteiger partial charge >= 0.3 is 0 Å². The molecule has 50 heavy (non-hydrogen) atoms. The molecule has 1 amide bonds. The number of amides is 1. The molecular formula is C42H59FN2O5. The Balaban J connectivity index is 0.000000636. The molecule has 0 radical (unpaired) electrons. The van der Waals surface area contributed by atoms with Crippen LogP contribution in [-0.2, 0) is 24.6 Å². The third kappa shape index (κ3) is 8.72. The van der Waals surface area contributed by atoms with E-state index in [4.69, 9.17) is 14.3 Å². The number of rotatable bonds is 9. The Kier molecular flexibility index (Phi) is 13.2. The minimum atomic E-state index is -0.756. The summed E-state index contributed by atoms with van der Waals surface area (Å²) in [5.74, 6) is 2.50. The maximum Gasteiger partial charge on any atom is 0.229 e. The van der Waals surface area contributed by atoms with Gasteiger partial charge in [-0.2, -0.15) is 0 Å². The predicted molar refractivity (Wildman–Crippen MR) is 197 cm³/mol. The first-order valence-corrected chi connectivity index (χ1v) is 18.6. The van der Waals surface area contributed by atoms with Crippen LogP contribution >= 0.6 is 0 Å². The minimum Gasteiger partial charge on any atom is -0.490 e. The molecule has 5 fully saturated rings. The van der Waals surface area contributed by atoms with Crippen molar-refractivity contribution >= 4 is 25.3 Å². The average molecular weight is 691 g/mol. The highest BCUT2D eigenvalue weighted by atomic mass is 19.1. The van der Waals surface area contributed by atoms with Crippen molar-refractivity contribution in [2.45, 2.75) is 134 Å². The van der Waals surface area contributed by atoms with Crippen molar-refractivity contribution in [3.63, 3.8) is 0 Å². The Hall–Kier alpha value is -3.39. The van der Waals surface area contributed by atoms with Crippen LogP contribution in [-0.4, -0.2) is 50.5 Å². The van der Waals surface area contributed by atoms with Crippen LogP contribution in [0.2, 0.25) is 0 Å². The first-order chi connectivity index (χ1) is 23.9. The molecule has 1 heterocycles. The number of halogens is 1. The second kappa shape index (κ2) is 16.8. The molecule has 7 nitrogen and oxygen atoms in total. The van der Waals surface area contributed by atoms with Crippen LogP contribution in [0.5, 0.6) is 5.75 Å². The number of hydrogen-bond acceptors (Lipinski definition) is 6. The lowest BCUT2D eigenvalue weighted by Crippen LogP contribution is -2.45. The van der Waals surface area contributed by atoms with E-state index in [0.717, 1.165) is 85.4 Å². The van der Waals surface area contributed by atoms with Crippen molar-refractivity contribution < 1.29 is 28.3 Å². The lowest BCUT2D eigenvalue weighted by atomic mass is 9.69. The number of ketones is 1. The van der Waals surface area contributed by atoms with E-state index in [-0.39, 0.29) is 34.7 Å². The number of ether oxygens (including phenoxy) is 1. The zero-order valence-electron chi connectivity index (χ0n) is 31.0. The number of carbonyl (C=O) groups is 4. The molecule has 3 atom stereocenters. The van der Waals surface area contributed by atoms with Gasteiger partial charge in [-0.25, -0.2) is 4.39 Å². The molecule has 1 saturated heterocycles. The van der Waals surface area contributed by atoms with Gasteiger partial charge in [-0.15, -0.1) is 0 Å². The van der Waals surface area contributed by atoms with Crippen molar-refractivity contribution in [2.75, 3.05) is 13.6 Å². The number of hydrogen-bond donors (Lipinski definition) is 2. The van der Waals surface area contributed by atoms with Crippen LogP contribution < -0.4 is 15.4 Å². The highest BCUT2D eigenvalue weighted by molar-refractivity contribution is 5.88. The molecule has 8 heteroatoms. The lowest BCUT2D eigenvalue weighted by Gasteiger charge is -2.39. The maximum absolute atomic E-state index is 15.3. The fraction of sp³-hybridized carbons (Fsp3) is 0.619. The van der Waals surface area contributed by atoms with E-state index in [1.165, 1.54) is 32.1 Å². The van der Waals surface area contributed by atoms with E-state index < -0.39 is 5.41 Å². The normalized spacial score (nSPS) is 24.9. The molecule has 1 aliphatic heterocycles. The zero-order chi connectivity index (χ0) is 36.7. The van der Waals surface area contributed by atoms with Gasteiger partial charge in [0.2, 0.25) is 5.91 Å². The average Bonchev–Trinajstić information content (AvgIpc) is 3.58. The van der Waals surface area contributed by atoms with Gasteiger partial charge in [-0.05, 0) is 124 Å². The summed E-state index contributed by atoms with van der Waals surface area (Å²) in [4.78, 5) is 42.3. The Morgan fingerprint density at radius 3 is 2.20 bits per heavy atom. The molecule has 0 aromatic heterocycles. The Labute approximate surface area is 298 Å². The quantitative estimate of drug-likeness (QED) is 0.275. The minimum absolute atomic E-state index is 0.00699. The fourth-order valence-electron chi connectivity index (χ4n) is 8.14. The largest absolute Gasteiger partial charge is 0.490 e. The SMILES string of the molecule is C=O.C=O.CC1CC1.CNC(=O)C(C)(C)c1ccc(O[C@@H]2CC[C@@H](CC(=O)[C@]3(C)CNC4(CCC4)C3)C2)c(-c2cccc(F)c2C2CCC2)c1. The van der Waals surface area contributed by atoms with Gasteiger partial charge < -0.3 is 25.0 Å². The summed E-state index contributed by atoms with van der Waals surface area (Å²) in [5, 5.41) is 6.47.